The van der Waals surface area contributed by atoms with E-state index in [1.54, 1.807) is 0 Å². The molecule has 0 aliphatic rings. The summed E-state index contributed by atoms with van der Waals surface area (Å²) in [6.07, 6.45) is 0. The van der Waals surface area contributed by atoms with E-state index in [0.29, 0.717) is 0 Å². The van der Waals surface area contributed by atoms with Gasteiger partial charge in [-0.15, -0.1) is 0 Å². The maximum atomic E-state index is 13.7. The van der Waals surface area contributed by atoms with Crippen molar-refractivity contribution in [2.75, 3.05) is 0 Å². The molecule has 198 valence electrons. The summed E-state index contributed by atoms with van der Waals surface area (Å²) in [5.41, 5.74) is 0. The van der Waals surface area contributed by atoms with Crippen LogP contribution in [0.3, 0.4) is 0 Å². The first-order valence-corrected chi connectivity index (χ1v) is 9.65. The van der Waals surface area contributed by atoms with Crippen LogP contribution in [-0.4, -0.2) is 53.1 Å². The van der Waals surface area contributed by atoms with Crippen LogP contribution in [0.2, 0.25) is 0 Å². The number of hydrogen-bond acceptors (Lipinski definition) is 3. The maximum absolute atomic E-state index is 13.7. The van der Waals surface area contributed by atoms with Crippen LogP contribution in [0.4, 0.5) is 70.2 Å². The van der Waals surface area contributed by atoms with Gasteiger partial charge in [-0.1, -0.05) is 0 Å². The Morgan fingerprint density at radius 3 is 1.41 bits per heavy atom. The highest BCUT2D eigenvalue weighted by Crippen LogP contribution is 2.64. The quantitative estimate of drug-likeness (QED) is 0.213. The molecule has 0 saturated heterocycles. The van der Waals surface area contributed by atoms with Crippen LogP contribution in [-0.2, 0) is 10.1 Å². The number of alkyl halides is 14. The summed E-state index contributed by atoms with van der Waals surface area (Å²) in [4.78, 5) is -1.87. The van der Waals surface area contributed by atoms with Gasteiger partial charge in [-0.2, -0.15) is 69.9 Å². The number of thioether (sulfide) groups is 1. The SMILES string of the molecule is O=S(=O)(O)C(F)(F)C(F)(F)C(F)(F)C(F)(F)C(F)(F)C(F)(F)C(F)(F)Sc1ccc(F)cc1F. The van der Waals surface area contributed by atoms with Crippen molar-refractivity contribution in [2.24, 2.45) is 0 Å². The highest BCUT2D eigenvalue weighted by Gasteiger charge is 2.94. The van der Waals surface area contributed by atoms with Gasteiger partial charge >= 0.3 is 50.2 Å². The van der Waals surface area contributed by atoms with Gasteiger partial charge in [-0.3, -0.25) is 4.55 Å². The van der Waals surface area contributed by atoms with E-state index in [2.05, 4.69) is 0 Å². The summed E-state index contributed by atoms with van der Waals surface area (Å²) in [6, 6.07) is -0.390. The van der Waals surface area contributed by atoms with E-state index in [9.17, 15) is 78.7 Å². The molecule has 0 fully saturated rings. The Bertz CT molecular complexity index is 1040. The van der Waals surface area contributed by atoms with Gasteiger partial charge in [0.1, 0.15) is 11.6 Å². The molecular formula is C13H4F16O3S2. The summed E-state index contributed by atoms with van der Waals surface area (Å²) in [5, 5.41) is -14.5. The summed E-state index contributed by atoms with van der Waals surface area (Å²) in [6.45, 7) is 0. The minimum absolute atomic E-state index is 0.0541. The van der Waals surface area contributed by atoms with Crippen LogP contribution in [0.15, 0.2) is 23.1 Å². The van der Waals surface area contributed by atoms with Gasteiger partial charge in [-0.05, 0) is 23.9 Å². The normalized spacial score (nSPS) is 15.6. The average Bonchev–Trinajstić information content (AvgIpc) is 2.62. The van der Waals surface area contributed by atoms with Gasteiger partial charge in [0.25, 0.3) is 0 Å². The molecule has 34 heavy (non-hydrogen) atoms. The Balaban J connectivity index is 3.64. The molecule has 21 heteroatoms. The zero-order chi connectivity index (χ0) is 27.6. The molecule has 0 aromatic heterocycles. The predicted molar refractivity (Wildman–Crippen MR) is 78.4 cm³/mol. The Hall–Kier alpha value is -1.64. The van der Waals surface area contributed by atoms with Gasteiger partial charge in [0.2, 0.25) is 0 Å². The van der Waals surface area contributed by atoms with Crippen molar-refractivity contribution in [1.29, 1.82) is 0 Å². The highest BCUT2D eigenvalue weighted by molar-refractivity contribution is 8.00. The summed E-state index contributed by atoms with van der Waals surface area (Å²) >= 11 is -2.10. The second kappa shape index (κ2) is 8.20. The van der Waals surface area contributed by atoms with E-state index in [0.717, 1.165) is 0 Å². The van der Waals surface area contributed by atoms with Crippen molar-refractivity contribution in [3.63, 3.8) is 0 Å². The molecule has 1 aromatic carbocycles. The molecule has 0 amide bonds. The molecule has 3 nitrogen and oxygen atoms in total. The van der Waals surface area contributed by atoms with Crippen molar-refractivity contribution in [3.05, 3.63) is 29.8 Å². The minimum atomic E-state index is -8.59. The summed E-state index contributed by atoms with van der Waals surface area (Å²) in [7, 11) is -7.82. The number of hydrogen-bond donors (Lipinski definition) is 1. The summed E-state index contributed by atoms with van der Waals surface area (Å²) in [5.74, 6) is -45.5. The largest absolute Gasteiger partial charge is 0.438 e. The van der Waals surface area contributed by atoms with Gasteiger partial charge in [0, 0.05) is 11.0 Å². The number of halogens is 16. The molecule has 0 atom stereocenters. The topological polar surface area (TPSA) is 54.4 Å². The smallest absolute Gasteiger partial charge is 0.281 e. The van der Waals surface area contributed by atoms with Crippen LogP contribution >= 0.6 is 11.8 Å². The summed E-state index contributed by atoms with van der Waals surface area (Å²) < 4.78 is 243. The minimum Gasteiger partial charge on any atom is -0.281 e. The average molecular weight is 576 g/mol. The van der Waals surface area contributed by atoms with Crippen LogP contribution in [0, 0.1) is 11.6 Å². The second-order valence-corrected chi connectivity index (χ2v) is 8.68. The Morgan fingerprint density at radius 2 is 1.03 bits per heavy atom. The van der Waals surface area contributed by atoms with Crippen LogP contribution in [0.5, 0.6) is 0 Å². The Kier molecular flexibility index (Phi) is 7.33. The third kappa shape index (κ3) is 4.16. The third-order valence-electron chi connectivity index (χ3n) is 3.76. The monoisotopic (exact) mass is 576 g/mol. The van der Waals surface area contributed by atoms with Crippen LogP contribution < -0.4 is 0 Å². The molecule has 0 heterocycles. The van der Waals surface area contributed by atoms with E-state index in [1.807, 2.05) is 0 Å². The van der Waals surface area contributed by atoms with Crippen molar-refractivity contribution in [3.8, 4) is 0 Å². The molecule has 0 aliphatic heterocycles. The molecule has 1 rings (SSSR count). The van der Waals surface area contributed by atoms with Crippen molar-refractivity contribution < 1.29 is 83.2 Å². The Labute approximate surface area is 180 Å². The standard InChI is InChI=1S/C13H4F16O3S2/c14-4-1-2-6(5(15)3-4)33-12(26,27)10(22,23)8(18,19)7(16,17)9(20,21)11(24,25)13(28,29)34(30,31)32/h1-3H,(H,30,31,32). The lowest BCUT2D eigenvalue weighted by atomic mass is 9.94. The highest BCUT2D eigenvalue weighted by atomic mass is 32.2. The maximum Gasteiger partial charge on any atom is 0.438 e. The van der Waals surface area contributed by atoms with Crippen LogP contribution in [0.1, 0.15) is 0 Å². The molecule has 0 spiro atoms. The van der Waals surface area contributed by atoms with E-state index < -0.39 is 78.5 Å². The molecule has 1 aromatic rings. The molecule has 0 unspecified atom stereocenters. The van der Waals surface area contributed by atoms with Crippen molar-refractivity contribution in [1.82, 2.24) is 0 Å². The zero-order valence-corrected chi connectivity index (χ0v) is 16.5. The zero-order valence-electron chi connectivity index (χ0n) is 14.9. The van der Waals surface area contributed by atoms with E-state index in [-0.39, 0.29) is 18.2 Å². The Morgan fingerprint density at radius 1 is 0.647 bits per heavy atom. The fourth-order valence-corrected chi connectivity index (χ4v) is 3.16. The molecule has 0 radical (unpaired) electrons. The first kappa shape index (κ1) is 30.4. The van der Waals surface area contributed by atoms with Crippen molar-refractivity contribution >= 4 is 21.9 Å². The second-order valence-electron chi connectivity index (χ2n) is 6.06. The van der Waals surface area contributed by atoms with E-state index in [1.165, 1.54) is 0 Å². The van der Waals surface area contributed by atoms with Crippen LogP contribution in [0.25, 0.3) is 0 Å². The van der Waals surface area contributed by atoms with Crippen molar-refractivity contribution in [2.45, 2.75) is 45.0 Å². The first-order chi connectivity index (χ1) is 14.6. The lowest BCUT2D eigenvalue weighted by Gasteiger charge is -2.41. The molecule has 0 aliphatic carbocycles. The lowest BCUT2D eigenvalue weighted by Crippen LogP contribution is -2.73. The molecule has 0 saturated carbocycles. The lowest BCUT2D eigenvalue weighted by molar-refractivity contribution is -0.428. The molecule has 1 N–H and O–H groups in total. The van der Waals surface area contributed by atoms with E-state index in [4.69, 9.17) is 4.55 Å². The molecule has 0 bridgehead atoms. The third-order valence-corrected chi connectivity index (χ3v) is 5.73. The fourth-order valence-electron chi connectivity index (χ4n) is 1.88. The van der Waals surface area contributed by atoms with Gasteiger partial charge < -0.3 is 0 Å². The van der Waals surface area contributed by atoms with Gasteiger partial charge in [-0.25, -0.2) is 8.78 Å². The first-order valence-electron chi connectivity index (χ1n) is 7.39. The predicted octanol–water partition coefficient (Wildman–Crippen LogP) is 6.31. The van der Waals surface area contributed by atoms with Gasteiger partial charge in [0.15, 0.2) is 0 Å². The number of benzene rings is 1. The van der Waals surface area contributed by atoms with E-state index >= 15 is 0 Å². The molecular weight excluding hydrogens is 572 g/mol. The fraction of sp³-hybridized carbons (Fsp3) is 0.538. The van der Waals surface area contributed by atoms with Gasteiger partial charge in [0.05, 0.1) is 0 Å². The number of rotatable bonds is 9.